The number of hydrogen-bond acceptors (Lipinski definition) is 1. The number of benzene rings is 1. The van der Waals surface area contributed by atoms with Gasteiger partial charge in [0.2, 0.25) is 5.11 Å². The van der Waals surface area contributed by atoms with Gasteiger partial charge in [0.05, 0.1) is 11.1 Å². The van der Waals surface area contributed by atoms with Crippen LogP contribution in [-0.4, -0.2) is 18.4 Å². The molecule has 0 bridgehead atoms. The zero-order valence-corrected chi connectivity index (χ0v) is 9.75. The SMILES string of the molecule is CNC(=S)N[NH+]=Cc1ccccc1C(F)(F)F. The van der Waals surface area contributed by atoms with Crippen molar-refractivity contribution in [2.45, 2.75) is 6.18 Å². The van der Waals surface area contributed by atoms with Crippen molar-refractivity contribution < 1.29 is 18.3 Å². The maximum absolute atomic E-state index is 12.6. The second-order valence-corrected chi connectivity index (χ2v) is 3.49. The number of rotatable bonds is 2. The fourth-order valence-corrected chi connectivity index (χ4v) is 1.18. The molecule has 1 aromatic carbocycles. The first-order valence-electron chi connectivity index (χ1n) is 4.68. The molecule has 92 valence electrons. The van der Waals surface area contributed by atoms with Crippen LogP contribution < -0.4 is 15.8 Å². The summed E-state index contributed by atoms with van der Waals surface area (Å²) >= 11 is 4.75. The lowest BCUT2D eigenvalue weighted by molar-refractivity contribution is -0.500. The number of thiocarbonyl (C=S) groups is 1. The molecule has 0 radical (unpaired) electrons. The highest BCUT2D eigenvalue weighted by atomic mass is 32.1. The Bertz CT molecular complexity index is 429. The fraction of sp³-hybridized carbons (Fsp3) is 0.200. The Kier molecular flexibility index (Phi) is 4.45. The molecule has 0 unspecified atom stereocenters. The van der Waals surface area contributed by atoms with Gasteiger partial charge in [-0.05, 0) is 24.4 Å². The molecule has 0 fully saturated rings. The van der Waals surface area contributed by atoms with Gasteiger partial charge in [-0.25, -0.2) is 0 Å². The number of hydrazine groups is 1. The maximum atomic E-state index is 12.6. The van der Waals surface area contributed by atoms with Crippen LogP contribution in [0.5, 0.6) is 0 Å². The Hall–Kier alpha value is -1.63. The Balaban J connectivity index is 2.88. The number of alkyl halides is 3. The van der Waals surface area contributed by atoms with Crippen LogP contribution in [0.15, 0.2) is 24.3 Å². The third-order valence-electron chi connectivity index (χ3n) is 1.91. The Morgan fingerprint density at radius 3 is 2.59 bits per heavy atom. The van der Waals surface area contributed by atoms with E-state index in [0.717, 1.165) is 6.07 Å². The van der Waals surface area contributed by atoms with Crippen LogP contribution >= 0.6 is 12.2 Å². The number of nitrogens with one attached hydrogen (secondary N) is 3. The van der Waals surface area contributed by atoms with E-state index in [1.807, 2.05) is 0 Å². The topological polar surface area (TPSA) is 38.0 Å². The molecule has 0 saturated carbocycles. The van der Waals surface area contributed by atoms with E-state index in [4.69, 9.17) is 12.2 Å². The lowest BCUT2D eigenvalue weighted by Gasteiger charge is -2.07. The van der Waals surface area contributed by atoms with Gasteiger partial charge in [-0.3, -0.25) is 0 Å². The normalized spacial score (nSPS) is 11.5. The van der Waals surface area contributed by atoms with Crippen LogP contribution in [0.3, 0.4) is 0 Å². The van der Waals surface area contributed by atoms with E-state index in [9.17, 15) is 13.2 Å². The van der Waals surface area contributed by atoms with Gasteiger partial charge in [-0.1, -0.05) is 12.1 Å². The summed E-state index contributed by atoms with van der Waals surface area (Å²) in [6.45, 7) is 0. The minimum Gasteiger partial charge on any atom is -0.361 e. The predicted octanol–water partition coefficient (Wildman–Crippen LogP) is 0.214. The molecule has 0 aromatic heterocycles. The van der Waals surface area contributed by atoms with Crippen molar-refractivity contribution >= 4 is 23.5 Å². The number of hydrogen-bond donors (Lipinski definition) is 3. The summed E-state index contributed by atoms with van der Waals surface area (Å²) in [6, 6.07) is 5.24. The smallest absolute Gasteiger partial charge is 0.361 e. The van der Waals surface area contributed by atoms with Crippen LogP contribution in [0, 0.1) is 0 Å². The maximum Gasteiger partial charge on any atom is 0.417 e. The molecule has 0 heterocycles. The summed E-state index contributed by atoms with van der Waals surface area (Å²) in [5, 5.41) is 5.38. The average Bonchev–Trinajstić information content (AvgIpc) is 2.28. The monoisotopic (exact) mass is 262 g/mol. The molecule has 0 aliphatic heterocycles. The second kappa shape index (κ2) is 5.62. The summed E-state index contributed by atoms with van der Waals surface area (Å²) in [4.78, 5) is 0. The van der Waals surface area contributed by atoms with Crippen molar-refractivity contribution in [2.24, 2.45) is 0 Å². The number of hydrazone groups is 1. The van der Waals surface area contributed by atoms with Crippen LogP contribution in [-0.2, 0) is 6.18 Å². The minimum atomic E-state index is -4.38. The summed E-state index contributed by atoms with van der Waals surface area (Å²) in [5.74, 6) is 0. The second-order valence-electron chi connectivity index (χ2n) is 3.08. The molecule has 1 aromatic rings. The van der Waals surface area contributed by atoms with Gasteiger partial charge in [0.15, 0.2) is 6.21 Å². The van der Waals surface area contributed by atoms with E-state index in [0.29, 0.717) is 0 Å². The quantitative estimate of drug-likeness (QED) is 0.405. The Morgan fingerprint density at radius 1 is 1.35 bits per heavy atom. The van der Waals surface area contributed by atoms with E-state index in [1.54, 1.807) is 7.05 Å². The first-order chi connectivity index (χ1) is 7.95. The van der Waals surface area contributed by atoms with Gasteiger partial charge in [-0.2, -0.15) is 13.2 Å². The molecule has 7 heteroatoms. The highest BCUT2D eigenvalue weighted by molar-refractivity contribution is 7.80. The molecule has 0 aliphatic carbocycles. The van der Waals surface area contributed by atoms with Crippen molar-refractivity contribution in [1.29, 1.82) is 0 Å². The lowest BCUT2D eigenvalue weighted by Crippen LogP contribution is -2.82. The van der Waals surface area contributed by atoms with Crippen LogP contribution in [0.4, 0.5) is 13.2 Å². The summed E-state index contributed by atoms with van der Waals surface area (Å²) in [7, 11) is 1.60. The summed E-state index contributed by atoms with van der Waals surface area (Å²) in [5.41, 5.74) is 1.84. The average molecular weight is 262 g/mol. The largest absolute Gasteiger partial charge is 0.417 e. The van der Waals surface area contributed by atoms with E-state index in [-0.39, 0.29) is 10.7 Å². The van der Waals surface area contributed by atoms with Gasteiger partial charge in [0.1, 0.15) is 0 Å². The zero-order valence-electron chi connectivity index (χ0n) is 8.93. The molecular formula is C10H11F3N3S+. The molecule has 0 aliphatic rings. The third-order valence-corrected chi connectivity index (χ3v) is 2.21. The lowest BCUT2D eigenvalue weighted by atomic mass is 10.1. The Labute approximate surface area is 102 Å². The minimum absolute atomic E-state index is 0.0337. The van der Waals surface area contributed by atoms with Crippen molar-refractivity contribution in [3.63, 3.8) is 0 Å². The van der Waals surface area contributed by atoms with E-state index in [2.05, 4.69) is 15.8 Å². The number of halogens is 3. The first kappa shape index (κ1) is 13.4. The van der Waals surface area contributed by atoms with Crippen molar-refractivity contribution in [3.8, 4) is 0 Å². The van der Waals surface area contributed by atoms with Crippen molar-refractivity contribution in [3.05, 3.63) is 35.4 Å². The van der Waals surface area contributed by atoms with Crippen LogP contribution in [0.25, 0.3) is 0 Å². The van der Waals surface area contributed by atoms with E-state index < -0.39 is 11.7 Å². The van der Waals surface area contributed by atoms with Crippen LogP contribution in [0.2, 0.25) is 0 Å². The predicted molar refractivity (Wildman–Crippen MR) is 62.4 cm³/mol. The van der Waals surface area contributed by atoms with Gasteiger partial charge >= 0.3 is 6.18 Å². The molecule has 0 saturated heterocycles. The van der Waals surface area contributed by atoms with Crippen LogP contribution in [0.1, 0.15) is 11.1 Å². The third kappa shape index (κ3) is 4.03. The molecule has 3 nitrogen and oxygen atoms in total. The molecule has 17 heavy (non-hydrogen) atoms. The van der Waals surface area contributed by atoms with Gasteiger partial charge in [-0.15, -0.1) is 10.5 Å². The molecule has 0 spiro atoms. The summed E-state index contributed by atoms with van der Waals surface area (Å²) < 4.78 is 37.8. The van der Waals surface area contributed by atoms with Gasteiger partial charge in [0.25, 0.3) is 0 Å². The van der Waals surface area contributed by atoms with Gasteiger partial charge in [0, 0.05) is 7.05 Å². The van der Waals surface area contributed by atoms with Crippen molar-refractivity contribution in [2.75, 3.05) is 7.05 Å². The highest BCUT2D eigenvalue weighted by Crippen LogP contribution is 2.30. The van der Waals surface area contributed by atoms with E-state index in [1.165, 1.54) is 24.4 Å². The standard InChI is InChI=1S/C10H10F3N3S/c1-14-9(17)16-15-6-7-4-2-3-5-8(7)10(11,12)13/h2-6H,1H3,(H2,14,16,17)/p+1. The molecule has 0 amide bonds. The molecule has 0 atom stereocenters. The fourth-order valence-electron chi connectivity index (χ4n) is 1.12. The Morgan fingerprint density at radius 2 is 2.00 bits per heavy atom. The zero-order chi connectivity index (χ0) is 12.9. The highest BCUT2D eigenvalue weighted by Gasteiger charge is 2.33. The molecule has 3 N–H and O–H groups in total. The summed E-state index contributed by atoms with van der Waals surface area (Å²) in [6.07, 6.45) is -3.18. The van der Waals surface area contributed by atoms with Crippen molar-refractivity contribution in [1.82, 2.24) is 10.7 Å². The van der Waals surface area contributed by atoms with E-state index >= 15 is 0 Å². The molecule has 1 rings (SSSR count). The first-order valence-corrected chi connectivity index (χ1v) is 5.08. The molecular weight excluding hydrogens is 251 g/mol. The van der Waals surface area contributed by atoms with Gasteiger partial charge < -0.3 is 5.32 Å².